The van der Waals surface area contributed by atoms with Gasteiger partial charge in [0.1, 0.15) is 10.6 Å². The molecule has 1 amide bonds. The van der Waals surface area contributed by atoms with Gasteiger partial charge in [-0.3, -0.25) is 4.79 Å². The van der Waals surface area contributed by atoms with Crippen LogP contribution in [0.1, 0.15) is 12.8 Å². The minimum Gasteiger partial charge on any atom is -0.497 e. The van der Waals surface area contributed by atoms with Crippen LogP contribution in [-0.4, -0.2) is 38.8 Å². The van der Waals surface area contributed by atoms with E-state index in [4.69, 9.17) is 27.9 Å². The Bertz CT molecular complexity index is 953. The Morgan fingerprint density at radius 2 is 1.71 bits per heavy atom. The van der Waals surface area contributed by atoms with Gasteiger partial charge in [-0.1, -0.05) is 35.3 Å². The van der Waals surface area contributed by atoms with Crippen molar-refractivity contribution in [1.82, 2.24) is 4.31 Å². The summed E-state index contributed by atoms with van der Waals surface area (Å²) in [6.07, 6.45) is 0.828. The number of hydrogen-bond donors (Lipinski definition) is 1. The molecule has 1 aliphatic rings. The molecule has 1 fully saturated rings. The first kappa shape index (κ1) is 20.9. The summed E-state index contributed by atoms with van der Waals surface area (Å²) in [5.74, 6) is 0.232. The van der Waals surface area contributed by atoms with Gasteiger partial charge in [-0.2, -0.15) is 4.31 Å². The summed E-state index contributed by atoms with van der Waals surface area (Å²) in [6, 6.07) is 11.7. The molecule has 0 bridgehead atoms. The second kappa shape index (κ2) is 8.69. The van der Waals surface area contributed by atoms with Crippen LogP contribution in [0.5, 0.6) is 5.75 Å². The number of anilines is 1. The monoisotopic (exact) mass is 442 g/mol. The van der Waals surface area contributed by atoms with Crippen molar-refractivity contribution < 1.29 is 17.9 Å². The van der Waals surface area contributed by atoms with Crippen LogP contribution in [0.2, 0.25) is 10.0 Å². The highest BCUT2D eigenvalue weighted by Crippen LogP contribution is 2.33. The third kappa shape index (κ3) is 4.43. The fraction of sp³-hybridized carbons (Fsp3) is 0.316. The van der Waals surface area contributed by atoms with Gasteiger partial charge in [0.2, 0.25) is 15.9 Å². The Kier molecular flexibility index (Phi) is 6.50. The fourth-order valence-electron chi connectivity index (χ4n) is 3.16. The van der Waals surface area contributed by atoms with Crippen LogP contribution in [0.4, 0.5) is 5.69 Å². The number of rotatable bonds is 5. The van der Waals surface area contributed by atoms with Crippen LogP contribution >= 0.6 is 23.2 Å². The number of halogens is 2. The van der Waals surface area contributed by atoms with Crippen molar-refractivity contribution in [2.24, 2.45) is 5.92 Å². The van der Waals surface area contributed by atoms with Crippen LogP contribution in [0.25, 0.3) is 0 Å². The normalized spacial score (nSPS) is 16.0. The molecule has 0 saturated carbocycles. The molecule has 0 atom stereocenters. The van der Waals surface area contributed by atoms with Gasteiger partial charge in [0.25, 0.3) is 0 Å². The van der Waals surface area contributed by atoms with E-state index in [0.717, 1.165) is 0 Å². The van der Waals surface area contributed by atoms with E-state index in [1.165, 1.54) is 16.4 Å². The van der Waals surface area contributed by atoms with E-state index in [1.807, 2.05) is 0 Å². The Morgan fingerprint density at radius 3 is 2.32 bits per heavy atom. The molecular formula is C19H20Cl2N2O4S. The second-order valence-corrected chi connectivity index (χ2v) is 9.14. The van der Waals surface area contributed by atoms with Crippen molar-refractivity contribution in [1.29, 1.82) is 0 Å². The standard InChI is InChI=1S/C19H20Cl2N2O4S/c1-27-15-5-2-4-14(12-15)22-19(24)13-8-10-23(11-9-13)28(25,26)18-16(20)6-3-7-17(18)21/h2-7,12-13H,8-11H2,1H3,(H,22,24). The molecule has 2 aromatic carbocycles. The maximum absolute atomic E-state index is 12.9. The third-order valence-corrected chi connectivity index (χ3v) is 7.53. The molecule has 9 heteroatoms. The van der Waals surface area contributed by atoms with Gasteiger partial charge in [0, 0.05) is 30.8 Å². The molecule has 0 aliphatic carbocycles. The maximum Gasteiger partial charge on any atom is 0.246 e. The van der Waals surface area contributed by atoms with Gasteiger partial charge in [0.05, 0.1) is 17.2 Å². The van der Waals surface area contributed by atoms with E-state index in [1.54, 1.807) is 37.4 Å². The highest BCUT2D eigenvalue weighted by atomic mass is 35.5. The van der Waals surface area contributed by atoms with E-state index in [0.29, 0.717) is 24.3 Å². The number of carbonyl (C=O) groups excluding carboxylic acids is 1. The lowest BCUT2D eigenvalue weighted by Crippen LogP contribution is -2.41. The molecule has 150 valence electrons. The Morgan fingerprint density at radius 1 is 1.11 bits per heavy atom. The zero-order valence-electron chi connectivity index (χ0n) is 15.2. The van der Waals surface area contributed by atoms with Crippen molar-refractivity contribution >= 4 is 44.8 Å². The zero-order chi connectivity index (χ0) is 20.3. The summed E-state index contributed by atoms with van der Waals surface area (Å²) in [6.45, 7) is 0.445. The van der Waals surface area contributed by atoms with Gasteiger partial charge < -0.3 is 10.1 Å². The summed E-state index contributed by atoms with van der Waals surface area (Å²) >= 11 is 12.1. The van der Waals surface area contributed by atoms with Gasteiger partial charge in [0.15, 0.2) is 0 Å². The number of benzene rings is 2. The minimum absolute atomic E-state index is 0.0855. The molecule has 1 aliphatic heterocycles. The SMILES string of the molecule is COc1cccc(NC(=O)C2CCN(S(=O)(=O)c3c(Cl)cccc3Cl)CC2)c1. The number of nitrogens with zero attached hydrogens (tertiary/aromatic N) is 1. The number of methoxy groups -OCH3 is 1. The number of piperidine rings is 1. The van der Waals surface area contributed by atoms with Gasteiger partial charge in [-0.25, -0.2) is 8.42 Å². The first-order chi connectivity index (χ1) is 13.3. The topological polar surface area (TPSA) is 75.7 Å². The fourth-order valence-corrected chi connectivity index (χ4v) is 5.72. The van der Waals surface area contributed by atoms with Crippen LogP contribution < -0.4 is 10.1 Å². The van der Waals surface area contributed by atoms with E-state index >= 15 is 0 Å². The lowest BCUT2D eigenvalue weighted by Gasteiger charge is -2.31. The Balaban J connectivity index is 1.66. The molecule has 1 heterocycles. The predicted molar refractivity (Wildman–Crippen MR) is 110 cm³/mol. The van der Waals surface area contributed by atoms with Crippen molar-refractivity contribution in [2.45, 2.75) is 17.7 Å². The van der Waals surface area contributed by atoms with E-state index in [2.05, 4.69) is 5.32 Å². The van der Waals surface area contributed by atoms with Crippen LogP contribution in [-0.2, 0) is 14.8 Å². The van der Waals surface area contributed by atoms with Gasteiger partial charge >= 0.3 is 0 Å². The Hall–Kier alpha value is -1.80. The first-order valence-electron chi connectivity index (χ1n) is 8.72. The third-order valence-electron chi connectivity index (χ3n) is 4.68. The second-order valence-electron chi connectivity index (χ2n) is 6.45. The number of ether oxygens (including phenoxy) is 1. The summed E-state index contributed by atoms with van der Waals surface area (Å²) in [5.41, 5.74) is 0.641. The first-order valence-corrected chi connectivity index (χ1v) is 10.9. The molecule has 0 unspecified atom stereocenters. The molecule has 0 spiro atoms. The predicted octanol–water partition coefficient (Wildman–Crippen LogP) is 4.04. The smallest absolute Gasteiger partial charge is 0.246 e. The van der Waals surface area contributed by atoms with Crippen molar-refractivity contribution in [3.05, 3.63) is 52.5 Å². The van der Waals surface area contributed by atoms with Crippen molar-refractivity contribution in [2.75, 3.05) is 25.5 Å². The van der Waals surface area contributed by atoms with Crippen LogP contribution in [0, 0.1) is 5.92 Å². The van der Waals surface area contributed by atoms with Gasteiger partial charge in [-0.15, -0.1) is 0 Å². The summed E-state index contributed by atoms with van der Waals surface area (Å²) < 4.78 is 32.3. The number of carbonyl (C=O) groups is 1. The van der Waals surface area contributed by atoms with Crippen LogP contribution in [0.15, 0.2) is 47.4 Å². The summed E-state index contributed by atoms with van der Waals surface area (Å²) in [7, 11) is -2.26. The van der Waals surface area contributed by atoms with E-state index < -0.39 is 10.0 Å². The number of sulfonamides is 1. The van der Waals surface area contributed by atoms with Crippen LogP contribution in [0.3, 0.4) is 0 Å². The molecule has 1 saturated heterocycles. The molecule has 2 aromatic rings. The highest BCUT2D eigenvalue weighted by Gasteiger charge is 2.34. The summed E-state index contributed by atoms with van der Waals surface area (Å²) in [4.78, 5) is 12.5. The average molecular weight is 443 g/mol. The number of nitrogens with one attached hydrogen (secondary N) is 1. The van der Waals surface area contributed by atoms with E-state index in [9.17, 15) is 13.2 Å². The molecule has 1 N–H and O–H groups in total. The maximum atomic E-state index is 12.9. The lowest BCUT2D eigenvalue weighted by molar-refractivity contribution is -0.120. The molecule has 0 radical (unpaired) electrons. The van der Waals surface area contributed by atoms with Crippen molar-refractivity contribution in [3.63, 3.8) is 0 Å². The molecule has 0 aromatic heterocycles. The highest BCUT2D eigenvalue weighted by molar-refractivity contribution is 7.89. The minimum atomic E-state index is -3.82. The number of amides is 1. The molecule has 3 rings (SSSR count). The largest absolute Gasteiger partial charge is 0.497 e. The lowest BCUT2D eigenvalue weighted by atomic mass is 9.97. The zero-order valence-corrected chi connectivity index (χ0v) is 17.5. The Labute approximate surface area is 174 Å². The molecule has 28 heavy (non-hydrogen) atoms. The average Bonchev–Trinajstić information content (AvgIpc) is 2.68. The quantitative estimate of drug-likeness (QED) is 0.757. The molecule has 6 nitrogen and oxygen atoms in total. The summed E-state index contributed by atoms with van der Waals surface area (Å²) in [5, 5.41) is 3.04. The van der Waals surface area contributed by atoms with E-state index in [-0.39, 0.29) is 39.9 Å². The number of hydrogen-bond acceptors (Lipinski definition) is 4. The molecular weight excluding hydrogens is 423 g/mol. The van der Waals surface area contributed by atoms with Crippen molar-refractivity contribution in [3.8, 4) is 5.75 Å². The van der Waals surface area contributed by atoms with Gasteiger partial charge in [-0.05, 0) is 37.1 Å².